The van der Waals surface area contributed by atoms with Crippen LogP contribution in [0.1, 0.15) is 0 Å². The molecule has 0 bridgehead atoms. The van der Waals surface area contributed by atoms with Gasteiger partial charge in [0.2, 0.25) is 10.3 Å². The van der Waals surface area contributed by atoms with Crippen LogP contribution in [0.2, 0.25) is 0 Å². The molecule has 0 unspecified atom stereocenters. The molecule has 0 fully saturated rings. The molecule has 0 aliphatic heterocycles. The van der Waals surface area contributed by atoms with Crippen LogP contribution >= 0.6 is 0 Å². The van der Waals surface area contributed by atoms with E-state index in [1.54, 1.807) is 0 Å². The molecule has 0 saturated carbocycles. The van der Waals surface area contributed by atoms with Crippen molar-refractivity contribution >= 4 is 16.3 Å². The molecular weight excluding hydrogens is 196 g/mol. The Morgan fingerprint density at radius 3 is 2.85 bits per heavy atom. The third kappa shape index (κ3) is 2.41. The Kier molecular flexibility index (Phi) is 2.80. The van der Waals surface area contributed by atoms with Gasteiger partial charge < -0.3 is 5.11 Å². The number of hydrogen-bond donors (Lipinski definition) is 1. The zero-order valence-electron chi connectivity index (χ0n) is 6.41. The van der Waals surface area contributed by atoms with Gasteiger partial charge in [0.15, 0.2) is 4.64 Å². The molecule has 0 aliphatic carbocycles. The molecule has 1 N–H and O–H groups in total. The highest BCUT2D eigenvalue weighted by Gasteiger charge is 2.00. The normalized spacial score (nSPS) is 9.54. The van der Waals surface area contributed by atoms with Gasteiger partial charge >= 0.3 is 5.97 Å². The number of carboxylic acid groups (broad SMARTS) is 1. The first-order valence-electron chi connectivity index (χ1n) is 3.27. The fraction of sp³-hybridized carbons (Fsp3) is 0.167. The van der Waals surface area contributed by atoms with E-state index in [1.807, 2.05) is 0 Å². The molecule has 1 aromatic rings. The highest BCUT2D eigenvalue weighted by molar-refractivity contribution is 7.63. The second-order valence-electron chi connectivity index (χ2n) is 2.15. The first kappa shape index (κ1) is 9.46. The quantitative estimate of drug-likeness (QED) is 0.645. The van der Waals surface area contributed by atoms with Gasteiger partial charge in [0, 0.05) is 6.20 Å². The number of nitrogens with zero attached hydrogens (tertiary/aromatic N) is 2. The highest BCUT2D eigenvalue weighted by Crippen LogP contribution is 1.87. The molecule has 0 aliphatic rings. The van der Waals surface area contributed by atoms with Crippen molar-refractivity contribution in [2.75, 3.05) is 0 Å². The van der Waals surface area contributed by atoms with Gasteiger partial charge in [-0.05, 0) is 12.1 Å². The van der Waals surface area contributed by atoms with Gasteiger partial charge in [-0.3, -0.25) is 4.79 Å². The van der Waals surface area contributed by atoms with Crippen LogP contribution in [0.3, 0.4) is 0 Å². The topological polar surface area (TPSA) is 89.3 Å². The lowest BCUT2D eigenvalue weighted by atomic mass is 10.6. The second-order valence-corrected chi connectivity index (χ2v) is 3.04. The number of carbonyl (C=O) groups is 1. The zero-order chi connectivity index (χ0) is 9.84. The Morgan fingerprint density at radius 1 is 1.62 bits per heavy atom. The second kappa shape index (κ2) is 3.85. The minimum atomic E-state index is -2.47. The molecule has 70 valence electrons. The summed E-state index contributed by atoms with van der Waals surface area (Å²) in [5, 5.41) is 12.0. The fourth-order valence-corrected chi connectivity index (χ4v) is 1.25. The number of aliphatic carboxylic acids is 1. The molecule has 0 aromatic carbocycles. The van der Waals surface area contributed by atoms with E-state index in [4.69, 9.17) is 5.11 Å². The van der Waals surface area contributed by atoms with Crippen molar-refractivity contribution in [3.05, 3.63) is 23.0 Å². The van der Waals surface area contributed by atoms with Crippen LogP contribution < -0.4 is 0 Å². The zero-order valence-corrected chi connectivity index (χ0v) is 7.23. The summed E-state index contributed by atoms with van der Waals surface area (Å²) in [4.78, 5) is 10.3. The lowest BCUT2D eigenvalue weighted by molar-refractivity contribution is -0.137. The molecular formula is C6H6N2O4S. The Balaban J connectivity index is 3.39. The number of hydrogen-bond acceptors (Lipinski definition) is 4. The molecule has 7 heteroatoms. The molecule has 6 nitrogen and oxygen atoms in total. The summed E-state index contributed by atoms with van der Waals surface area (Å²) in [7, 11) is -2.47. The van der Waals surface area contributed by atoms with Gasteiger partial charge in [0.1, 0.15) is 6.54 Å². The molecule has 0 saturated heterocycles. The van der Waals surface area contributed by atoms with Crippen molar-refractivity contribution in [3.63, 3.8) is 0 Å². The van der Waals surface area contributed by atoms with Gasteiger partial charge in [-0.1, -0.05) is 0 Å². The van der Waals surface area contributed by atoms with E-state index >= 15 is 0 Å². The minimum Gasteiger partial charge on any atom is -0.480 e. The summed E-state index contributed by atoms with van der Waals surface area (Å²) < 4.78 is 21.8. The van der Waals surface area contributed by atoms with Gasteiger partial charge in [0.05, 0.1) is 0 Å². The predicted octanol–water partition coefficient (Wildman–Crippen LogP) is -0.621. The lowest BCUT2D eigenvalue weighted by Crippen LogP contribution is -2.13. The Bertz CT molecular complexity index is 479. The first-order chi connectivity index (χ1) is 6.11. The van der Waals surface area contributed by atoms with Gasteiger partial charge in [-0.2, -0.15) is 13.5 Å². The molecule has 0 atom stereocenters. The predicted molar refractivity (Wildman–Crippen MR) is 42.0 cm³/mol. The average molecular weight is 202 g/mol. The van der Waals surface area contributed by atoms with E-state index in [0.717, 1.165) is 4.68 Å². The monoisotopic (exact) mass is 202 g/mol. The van der Waals surface area contributed by atoms with Crippen LogP contribution in [-0.2, 0) is 21.6 Å². The van der Waals surface area contributed by atoms with Crippen molar-refractivity contribution in [2.45, 2.75) is 6.54 Å². The maximum Gasteiger partial charge on any atom is 0.325 e. The Morgan fingerprint density at radius 2 is 2.31 bits per heavy atom. The largest absolute Gasteiger partial charge is 0.480 e. The Labute approximate surface area is 74.6 Å². The van der Waals surface area contributed by atoms with Gasteiger partial charge in [-0.25, -0.2) is 4.68 Å². The summed E-state index contributed by atoms with van der Waals surface area (Å²) in [6.07, 6.45) is 1.32. The summed E-state index contributed by atoms with van der Waals surface area (Å²) in [6, 6.07) is 2.70. The molecule has 13 heavy (non-hydrogen) atoms. The van der Waals surface area contributed by atoms with Crippen LogP contribution in [0.4, 0.5) is 0 Å². The van der Waals surface area contributed by atoms with Crippen LogP contribution in [0.15, 0.2) is 18.3 Å². The van der Waals surface area contributed by atoms with Crippen LogP contribution in [0.25, 0.3) is 0 Å². The van der Waals surface area contributed by atoms with E-state index in [0.29, 0.717) is 0 Å². The van der Waals surface area contributed by atoms with Crippen LogP contribution in [0.5, 0.6) is 0 Å². The standard InChI is InChI=1S/C6H6N2O4S/c9-6(10)4-8-5(13(11)12)2-1-3-7-8/h1-3H,4H2,(H,9,10). The first-order valence-corrected chi connectivity index (χ1v) is 4.35. The molecule has 1 aromatic heterocycles. The van der Waals surface area contributed by atoms with Crippen LogP contribution in [0, 0.1) is 4.64 Å². The van der Waals surface area contributed by atoms with Gasteiger partial charge in [-0.15, -0.1) is 0 Å². The van der Waals surface area contributed by atoms with Crippen LogP contribution in [-0.4, -0.2) is 29.3 Å². The number of carboxylic acids is 1. The van der Waals surface area contributed by atoms with E-state index in [-0.39, 0.29) is 4.64 Å². The maximum atomic E-state index is 10.5. The van der Waals surface area contributed by atoms with E-state index < -0.39 is 22.8 Å². The molecule has 0 amide bonds. The van der Waals surface area contributed by atoms with Gasteiger partial charge in [0.25, 0.3) is 0 Å². The van der Waals surface area contributed by atoms with Crippen molar-refractivity contribution in [1.82, 2.24) is 9.78 Å². The summed E-state index contributed by atoms with van der Waals surface area (Å²) in [5.41, 5.74) is 0. The van der Waals surface area contributed by atoms with E-state index in [2.05, 4.69) is 5.10 Å². The van der Waals surface area contributed by atoms with Crippen molar-refractivity contribution in [3.8, 4) is 0 Å². The summed E-state index contributed by atoms with van der Waals surface area (Å²) >= 11 is 0. The molecule has 0 radical (unpaired) electrons. The van der Waals surface area contributed by atoms with Crippen molar-refractivity contribution in [2.24, 2.45) is 0 Å². The Hall–Kier alpha value is -1.63. The third-order valence-electron chi connectivity index (χ3n) is 1.24. The lowest BCUT2D eigenvalue weighted by Gasteiger charge is -1.98. The van der Waals surface area contributed by atoms with E-state index in [9.17, 15) is 13.2 Å². The summed E-state index contributed by atoms with van der Waals surface area (Å²) in [6.45, 7) is -0.468. The minimum absolute atomic E-state index is 0.148. The highest BCUT2D eigenvalue weighted by atomic mass is 32.2. The van der Waals surface area contributed by atoms with E-state index in [1.165, 1.54) is 18.3 Å². The third-order valence-corrected chi connectivity index (χ3v) is 1.93. The summed E-state index contributed by atoms with van der Waals surface area (Å²) in [5.74, 6) is -1.14. The SMILES string of the molecule is O=C(O)Cn1ncccc1=S(=O)=O. The number of aromatic nitrogens is 2. The average Bonchev–Trinajstić information content (AvgIpc) is 2.03. The number of rotatable bonds is 2. The van der Waals surface area contributed by atoms with Crippen molar-refractivity contribution in [1.29, 1.82) is 0 Å². The molecule has 0 spiro atoms. The smallest absolute Gasteiger partial charge is 0.325 e. The van der Waals surface area contributed by atoms with Crippen molar-refractivity contribution < 1.29 is 18.3 Å². The maximum absolute atomic E-state index is 10.5. The molecule has 1 heterocycles. The molecule has 1 rings (SSSR count). The fourth-order valence-electron chi connectivity index (χ4n) is 0.776.